The summed E-state index contributed by atoms with van der Waals surface area (Å²) in [5.74, 6) is -0.0512. The van der Waals surface area contributed by atoms with Gasteiger partial charge in [-0.2, -0.15) is 0 Å². The van der Waals surface area contributed by atoms with Crippen molar-refractivity contribution in [3.05, 3.63) is 18.0 Å². The van der Waals surface area contributed by atoms with E-state index < -0.39 is 0 Å². The van der Waals surface area contributed by atoms with E-state index in [0.29, 0.717) is 17.9 Å². The van der Waals surface area contributed by atoms with Gasteiger partial charge in [-0.3, -0.25) is 4.79 Å². The molecule has 0 saturated carbocycles. The van der Waals surface area contributed by atoms with Gasteiger partial charge in [-0.05, 0) is 31.7 Å². The van der Waals surface area contributed by atoms with Crippen molar-refractivity contribution in [1.29, 1.82) is 0 Å². The van der Waals surface area contributed by atoms with E-state index in [1.807, 2.05) is 24.6 Å². The second-order valence-corrected chi connectivity index (χ2v) is 6.23. The molecule has 3 N–H and O–H groups in total. The quantitative estimate of drug-likeness (QED) is 0.864. The minimum Gasteiger partial charge on any atom is -0.397 e. The first-order valence-electron chi connectivity index (χ1n) is 6.46. The Labute approximate surface area is 110 Å². The van der Waals surface area contributed by atoms with Crippen LogP contribution in [0.2, 0.25) is 0 Å². The molecule has 4 nitrogen and oxygen atoms in total. The number of nitrogen functional groups attached to an aromatic ring is 1. The second-order valence-electron chi connectivity index (χ2n) is 6.23. The number of aromatic nitrogens is 1. The van der Waals surface area contributed by atoms with Crippen LogP contribution in [0.25, 0.3) is 0 Å². The lowest BCUT2D eigenvalue weighted by Gasteiger charge is -2.18. The average Bonchev–Trinajstić information content (AvgIpc) is 2.58. The zero-order valence-corrected chi connectivity index (χ0v) is 12.1. The SMILES string of the molecule is CC(C)n1cc(N)cc1C(=O)NCCC(C)(C)C. The van der Waals surface area contributed by atoms with E-state index in [9.17, 15) is 4.79 Å². The highest BCUT2D eigenvalue weighted by molar-refractivity contribution is 5.93. The standard InChI is InChI=1S/C14H25N3O/c1-10(2)17-9-11(15)8-12(17)13(18)16-7-6-14(3,4)5/h8-10H,6-7,15H2,1-5H3,(H,16,18). The first kappa shape index (κ1) is 14.6. The number of anilines is 1. The maximum absolute atomic E-state index is 12.1. The fourth-order valence-electron chi connectivity index (χ4n) is 1.75. The zero-order chi connectivity index (χ0) is 13.9. The fourth-order valence-corrected chi connectivity index (χ4v) is 1.75. The maximum Gasteiger partial charge on any atom is 0.267 e. The van der Waals surface area contributed by atoms with Gasteiger partial charge in [-0.15, -0.1) is 0 Å². The Kier molecular flexibility index (Phi) is 4.43. The van der Waals surface area contributed by atoms with Crippen LogP contribution >= 0.6 is 0 Å². The Morgan fingerprint density at radius 3 is 2.56 bits per heavy atom. The molecule has 0 spiro atoms. The first-order valence-corrected chi connectivity index (χ1v) is 6.46. The molecule has 1 rings (SSSR count). The Morgan fingerprint density at radius 2 is 2.06 bits per heavy atom. The molecule has 1 heterocycles. The van der Waals surface area contributed by atoms with Crippen LogP contribution in [0.15, 0.2) is 12.3 Å². The largest absolute Gasteiger partial charge is 0.397 e. The Hall–Kier alpha value is -1.45. The molecule has 102 valence electrons. The summed E-state index contributed by atoms with van der Waals surface area (Å²) in [6.07, 6.45) is 2.76. The molecule has 18 heavy (non-hydrogen) atoms. The van der Waals surface area contributed by atoms with Crippen LogP contribution in [0.1, 0.15) is 57.6 Å². The predicted molar refractivity (Wildman–Crippen MR) is 75.6 cm³/mol. The maximum atomic E-state index is 12.1. The molecule has 0 unspecified atom stereocenters. The van der Waals surface area contributed by atoms with Gasteiger partial charge in [0.05, 0.1) is 5.69 Å². The minimum atomic E-state index is -0.0512. The molecule has 0 aliphatic heterocycles. The van der Waals surface area contributed by atoms with Crippen molar-refractivity contribution < 1.29 is 4.79 Å². The predicted octanol–water partition coefficient (Wildman–Crippen LogP) is 2.82. The number of hydrogen-bond acceptors (Lipinski definition) is 2. The molecule has 0 saturated heterocycles. The molecule has 0 bridgehead atoms. The van der Waals surface area contributed by atoms with Crippen molar-refractivity contribution >= 4 is 11.6 Å². The number of carbonyl (C=O) groups is 1. The minimum absolute atomic E-state index is 0.0512. The normalized spacial score (nSPS) is 11.9. The highest BCUT2D eigenvalue weighted by atomic mass is 16.1. The average molecular weight is 251 g/mol. The van der Waals surface area contributed by atoms with E-state index in [0.717, 1.165) is 6.42 Å². The number of carbonyl (C=O) groups excluding carboxylic acids is 1. The monoisotopic (exact) mass is 251 g/mol. The molecule has 1 aromatic heterocycles. The summed E-state index contributed by atoms with van der Waals surface area (Å²) in [4.78, 5) is 12.1. The molecule has 0 aliphatic rings. The summed E-state index contributed by atoms with van der Waals surface area (Å²) in [6, 6.07) is 1.96. The van der Waals surface area contributed by atoms with Gasteiger partial charge in [-0.1, -0.05) is 20.8 Å². The van der Waals surface area contributed by atoms with Gasteiger partial charge in [0.15, 0.2) is 0 Å². The van der Waals surface area contributed by atoms with Crippen LogP contribution < -0.4 is 11.1 Å². The molecule has 0 radical (unpaired) electrons. The first-order chi connectivity index (χ1) is 8.20. The van der Waals surface area contributed by atoms with E-state index in [-0.39, 0.29) is 17.4 Å². The van der Waals surface area contributed by atoms with E-state index in [1.165, 1.54) is 0 Å². The van der Waals surface area contributed by atoms with Gasteiger partial charge in [0.2, 0.25) is 0 Å². The third-order valence-corrected chi connectivity index (χ3v) is 2.82. The number of nitrogens with one attached hydrogen (secondary N) is 1. The van der Waals surface area contributed by atoms with Crippen molar-refractivity contribution in [1.82, 2.24) is 9.88 Å². The number of rotatable bonds is 4. The fraction of sp³-hybridized carbons (Fsp3) is 0.643. The summed E-state index contributed by atoms with van der Waals surface area (Å²) in [5, 5.41) is 2.95. The van der Waals surface area contributed by atoms with Crippen molar-refractivity contribution in [2.24, 2.45) is 5.41 Å². The van der Waals surface area contributed by atoms with Gasteiger partial charge < -0.3 is 15.6 Å². The Bertz CT molecular complexity index is 413. The lowest BCUT2D eigenvalue weighted by molar-refractivity contribution is 0.0939. The van der Waals surface area contributed by atoms with Crippen LogP contribution in [0.3, 0.4) is 0 Å². The topological polar surface area (TPSA) is 60.0 Å². The van der Waals surface area contributed by atoms with E-state index in [1.54, 1.807) is 6.07 Å². The molecule has 4 heteroatoms. The van der Waals surface area contributed by atoms with Crippen molar-refractivity contribution in [2.75, 3.05) is 12.3 Å². The third-order valence-electron chi connectivity index (χ3n) is 2.82. The number of hydrogen-bond donors (Lipinski definition) is 2. The second kappa shape index (κ2) is 5.46. The van der Waals surface area contributed by atoms with Gasteiger partial charge in [0.1, 0.15) is 5.69 Å². The van der Waals surface area contributed by atoms with Crippen molar-refractivity contribution in [2.45, 2.75) is 47.1 Å². The number of nitrogens with two attached hydrogens (primary N) is 1. The van der Waals surface area contributed by atoms with Crippen molar-refractivity contribution in [3.63, 3.8) is 0 Å². The summed E-state index contributed by atoms with van der Waals surface area (Å²) in [7, 11) is 0. The van der Waals surface area contributed by atoms with Crippen LogP contribution in [0.5, 0.6) is 0 Å². The Morgan fingerprint density at radius 1 is 1.44 bits per heavy atom. The lowest BCUT2D eigenvalue weighted by Crippen LogP contribution is -2.29. The summed E-state index contributed by atoms with van der Waals surface area (Å²) >= 11 is 0. The molecular formula is C14H25N3O. The van der Waals surface area contributed by atoms with Gasteiger partial charge >= 0.3 is 0 Å². The molecule has 0 fully saturated rings. The summed E-state index contributed by atoms with van der Waals surface area (Å²) < 4.78 is 1.90. The van der Waals surface area contributed by atoms with E-state index in [2.05, 4.69) is 26.1 Å². The van der Waals surface area contributed by atoms with Crippen LogP contribution in [0, 0.1) is 5.41 Å². The third kappa shape index (κ3) is 4.09. The highest BCUT2D eigenvalue weighted by Crippen LogP contribution is 2.18. The van der Waals surface area contributed by atoms with Crippen LogP contribution in [-0.2, 0) is 0 Å². The molecule has 0 atom stereocenters. The van der Waals surface area contributed by atoms with Crippen molar-refractivity contribution in [3.8, 4) is 0 Å². The Balaban J connectivity index is 2.67. The van der Waals surface area contributed by atoms with Gasteiger partial charge in [-0.25, -0.2) is 0 Å². The molecule has 0 aliphatic carbocycles. The zero-order valence-electron chi connectivity index (χ0n) is 12.1. The lowest BCUT2D eigenvalue weighted by atomic mass is 9.92. The molecule has 1 aromatic rings. The summed E-state index contributed by atoms with van der Waals surface area (Å²) in [5.41, 5.74) is 7.25. The summed E-state index contributed by atoms with van der Waals surface area (Å²) in [6.45, 7) is 11.2. The molecule has 0 aromatic carbocycles. The number of nitrogens with zero attached hydrogens (tertiary/aromatic N) is 1. The van der Waals surface area contributed by atoms with E-state index in [4.69, 9.17) is 5.73 Å². The van der Waals surface area contributed by atoms with Gasteiger partial charge in [0.25, 0.3) is 5.91 Å². The smallest absolute Gasteiger partial charge is 0.267 e. The van der Waals surface area contributed by atoms with Gasteiger partial charge in [0, 0.05) is 18.8 Å². The van der Waals surface area contributed by atoms with Crippen LogP contribution in [0.4, 0.5) is 5.69 Å². The number of amides is 1. The highest BCUT2D eigenvalue weighted by Gasteiger charge is 2.16. The molecular weight excluding hydrogens is 226 g/mol. The molecule has 1 amide bonds. The van der Waals surface area contributed by atoms with Crippen LogP contribution in [-0.4, -0.2) is 17.0 Å². The van der Waals surface area contributed by atoms with E-state index >= 15 is 0 Å².